The number of hydrogen-bond donors (Lipinski definition) is 2. The summed E-state index contributed by atoms with van der Waals surface area (Å²) in [5.74, 6) is 1.64. The summed E-state index contributed by atoms with van der Waals surface area (Å²) < 4.78 is 5.73. The number of fused-ring (bicyclic) bond motifs is 1. The zero-order chi connectivity index (χ0) is 13.8. The number of hydrogen-bond acceptors (Lipinski definition) is 5. The van der Waals surface area contributed by atoms with Gasteiger partial charge in [-0.2, -0.15) is 5.10 Å². The molecule has 3 aromatic rings. The van der Waals surface area contributed by atoms with Gasteiger partial charge in [-0.25, -0.2) is 4.98 Å². The van der Waals surface area contributed by atoms with E-state index in [1.807, 2.05) is 23.6 Å². The van der Waals surface area contributed by atoms with Gasteiger partial charge in [-0.05, 0) is 24.6 Å². The van der Waals surface area contributed by atoms with Gasteiger partial charge in [-0.1, -0.05) is 13.3 Å². The number of aromatic amines is 1. The van der Waals surface area contributed by atoms with Crippen molar-refractivity contribution in [2.24, 2.45) is 0 Å². The number of ether oxygens (including phenoxy) is 1. The predicted octanol–water partition coefficient (Wildman–Crippen LogP) is 3.94. The van der Waals surface area contributed by atoms with Gasteiger partial charge in [0.15, 0.2) is 10.9 Å². The lowest BCUT2D eigenvalue weighted by Crippen LogP contribution is -1.96. The van der Waals surface area contributed by atoms with Crippen LogP contribution in [0.15, 0.2) is 29.8 Å². The molecule has 0 spiro atoms. The lowest BCUT2D eigenvalue weighted by Gasteiger charge is -2.05. The van der Waals surface area contributed by atoms with E-state index >= 15 is 0 Å². The van der Waals surface area contributed by atoms with Gasteiger partial charge in [0.05, 0.1) is 12.1 Å². The highest BCUT2D eigenvalue weighted by Crippen LogP contribution is 2.28. The van der Waals surface area contributed by atoms with Crippen LogP contribution in [0.5, 0.6) is 5.75 Å². The topological polar surface area (TPSA) is 62.8 Å². The van der Waals surface area contributed by atoms with Crippen molar-refractivity contribution in [3.63, 3.8) is 0 Å². The molecular formula is C14H16N4OS. The highest BCUT2D eigenvalue weighted by Gasteiger charge is 2.08. The lowest BCUT2D eigenvalue weighted by atomic mass is 10.2. The highest BCUT2D eigenvalue weighted by molar-refractivity contribution is 7.13. The molecule has 0 aliphatic heterocycles. The molecule has 0 amide bonds. The number of nitrogens with zero attached hydrogens (tertiary/aromatic N) is 2. The van der Waals surface area contributed by atoms with Crippen LogP contribution in [0.4, 0.5) is 10.9 Å². The second kappa shape index (κ2) is 5.92. The van der Waals surface area contributed by atoms with Crippen LogP contribution < -0.4 is 10.1 Å². The molecule has 0 aliphatic carbocycles. The van der Waals surface area contributed by atoms with Gasteiger partial charge >= 0.3 is 0 Å². The normalized spacial score (nSPS) is 10.8. The molecule has 1 aromatic carbocycles. The summed E-state index contributed by atoms with van der Waals surface area (Å²) in [5.41, 5.74) is 0.979. The molecule has 2 N–H and O–H groups in total. The van der Waals surface area contributed by atoms with E-state index in [0.717, 1.165) is 47.1 Å². The maximum atomic E-state index is 5.73. The zero-order valence-corrected chi connectivity index (χ0v) is 12.0. The highest BCUT2D eigenvalue weighted by atomic mass is 32.1. The Morgan fingerprint density at radius 1 is 1.40 bits per heavy atom. The molecule has 0 bridgehead atoms. The second-order valence-electron chi connectivity index (χ2n) is 4.44. The van der Waals surface area contributed by atoms with Crippen LogP contribution >= 0.6 is 11.3 Å². The molecule has 2 heterocycles. The standard InChI is InChI=1S/C14H16N4OS/c1-2-3-7-19-10-4-5-12-11(9-10)13(18-17-12)16-14-15-6-8-20-14/h4-6,8-9H,2-3,7H2,1H3,(H2,15,16,17,18). The number of thiazole rings is 1. The van der Waals surface area contributed by atoms with E-state index in [-0.39, 0.29) is 0 Å². The summed E-state index contributed by atoms with van der Waals surface area (Å²) in [7, 11) is 0. The lowest BCUT2D eigenvalue weighted by molar-refractivity contribution is 0.310. The molecule has 2 aromatic heterocycles. The van der Waals surface area contributed by atoms with E-state index in [1.54, 1.807) is 17.5 Å². The Labute approximate surface area is 121 Å². The van der Waals surface area contributed by atoms with Crippen molar-refractivity contribution < 1.29 is 4.74 Å². The number of benzene rings is 1. The minimum atomic E-state index is 0.745. The van der Waals surface area contributed by atoms with E-state index in [2.05, 4.69) is 27.4 Å². The number of aromatic nitrogens is 3. The Hall–Kier alpha value is -2.08. The van der Waals surface area contributed by atoms with Crippen LogP contribution in [0.2, 0.25) is 0 Å². The third-order valence-electron chi connectivity index (χ3n) is 2.96. The molecule has 0 aliphatic rings. The van der Waals surface area contributed by atoms with Crippen LogP contribution in [0.25, 0.3) is 10.9 Å². The Morgan fingerprint density at radius 3 is 3.15 bits per heavy atom. The average molecular weight is 288 g/mol. The zero-order valence-electron chi connectivity index (χ0n) is 11.2. The average Bonchev–Trinajstić information content (AvgIpc) is 3.10. The first-order chi connectivity index (χ1) is 9.86. The molecule has 0 radical (unpaired) electrons. The minimum Gasteiger partial charge on any atom is -0.494 e. The fourth-order valence-electron chi connectivity index (χ4n) is 1.90. The van der Waals surface area contributed by atoms with Crippen molar-refractivity contribution >= 4 is 33.2 Å². The van der Waals surface area contributed by atoms with Crippen molar-refractivity contribution in [1.82, 2.24) is 15.2 Å². The second-order valence-corrected chi connectivity index (χ2v) is 5.34. The van der Waals surface area contributed by atoms with Crippen molar-refractivity contribution in [3.05, 3.63) is 29.8 Å². The molecule has 20 heavy (non-hydrogen) atoms. The van der Waals surface area contributed by atoms with Crippen molar-refractivity contribution in [2.45, 2.75) is 19.8 Å². The third-order valence-corrected chi connectivity index (χ3v) is 3.65. The van der Waals surface area contributed by atoms with Crippen LogP contribution in [-0.4, -0.2) is 21.8 Å². The first-order valence-corrected chi connectivity index (χ1v) is 7.52. The number of H-pyrrole nitrogens is 1. The summed E-state index contributed by atoms with van der Waals surface area (Å²) in [4.78, 5) is 4.20. The summed E-state index contributed by atoms with van der Waals surface area (Å²) in [6.45, 7) is 2.90. The molecule has 6 heteroatoms. The Bertz CT molecular complexity index is 678. The van der Waals surface area contributed by atoms with Gasteiger partial charge in [-0.3, -0.25) is 5.10 Å². The molecule has 0 unspecified atom stereocenters. The molecule has 104 valence electrons. The fourth-order valence-corrected chi connectivity index (χ4v) is 2.43. The smallest absolute Gasteiger partial charge is 0.188 e. The van der Waals surface area contributed by atoms with E-state index in [0.29, 0.717) is 0 Å². The van der Waals surface area contributed by atoms with Crippen molar-refractivity contribution in [2.75, 3.05) is 11.9 Å². The van der Waals surface area contributed by atoms with Crippen LogP contribution in [0, 0.1) is 0 Å². The SMILES string of the molecule is CCCCOc1ccc2[nH]nc(Nc3nccs3)c2c1. The van der Waals surface area contributed by atoms with E-state index in [1.165, 1.54) is 0 Å². The molecule has 0 fully saturated rings. The van der Waals surface area contributed by atoms with Crippen molar-refractivity contribution in [1.29, 1.82) is 0 Å². The van der Waals surface area contributed by atoms with Gasteiger partial charge in [0.2, 0.25) is 0 Å². The van der Waals surface area contributed by atoms with Crippen LogP contribution in [-0.2, 0) is 0 Å². The Morgan fingerprint density at radius 2 is 2.35 bits per heavy atom. The quantitative estimate of drug-likeness (QED) is 0.674. The maximum Gasteiger partial charge on any atom is 0.188 e. The van der Waals surface area contributed by atoms with E-state index in [4.69, 9.17) is 4.74 Å². The summed E-state index contributed by atoms with van der Waals surface area (Å²) in [6, 6.07) is 5.95. The van der Waals surface area contributed by atoms with Crippen LogP contribution in [0.3, 0.4) is 0 Å². The van der Waals surface area contributed by atoms with E-state index < -0.39 is 0 Å². The Kier molecular flexibility index (Phi) is 3.83. The number of anilines is 2. The maximum absolute atomic E-state index is 5.73. The minimum absolute atomic E-state index is 0.745. The van der Waals surface area contributed by atoms with Gasteiger partial charge in [0.1, 0.15) is 5.75 Å². The first kappa shape index (κ1) is 12.9. The van der Waals surface area contributed by atoms with Gasteiger partial charge < -0.3 is 10.1 Å². The predicted molar refractivity (Wildman–Crippen MR) is 81.9 cm³/mol. The number of unbranched alkanes of at least 4 members (excludes halogenated alkanes) is 1. The largest absolute Gasteiger partial charge is 0.494 e. The van der Waals surface area contributed by atoms with Gasteiger partial charge in [0, 0.05) is 17.0 Å². The van der Waals surface area contributed by atoms with Gasteiger partial charge in [-0.15, -0.1) is 11.3 Å². The molecule has 0 atom stereocenters. The monoisotopic (exact) mass is 288 g/mol. The number of nitrogens with one attached hydrogen (secondary N) is 2. The third kappa shape index (κ3) is 2.75. The van der Waals surface area contributed by atoms with Crippen LogP contribution in [0.1, 0.15) is 19.8 Å². The molecular weight excluding hydrogens is 272 g/mol. The van der Waals surface area contributed by atoms with E-state index in [9.17, 15) is 0 Å². The fraction of sp³-hybridized carbons (Fsp3) is 0.286. The first-order valence-electron chi connectivity index (χ1n) is 6.64. The summed E-state index contributed by atoms with van der Waals surface area (Å²) >= 11 is 1.54. The summed E-state index contributed by atoms with van der Waals surface area (Å²) in [6.07, 6.45) is 3.96. The summed E-state index contributed by atoms with van der Waals surface area (Å²) in [5, 5.41) is 14.3. The van der Waals surface area contributed by atoms with Crippen molar-refractivity contribution in [3.8, 4) is 5.75 Å². The van der Waals surface area contributed by atoms with Gasteiger partial charge in [0.25, 0.3) is 0 Å². The molecule has 3 rings (SSSR count). The number of rotatable bonds is 6. The molecule has 0 saturated carbocycles. The molecule has 5 nitrogen and oxygen atoms in total. The Balaban J connectivity index is 1.83. The molecule has 0 saturated heterocycles.